The molecule has 3 aliphatic rings. The van der Waals surface area contributed by atoms with Crippen LogP contribution in [0.2, 0.25) is 0 Å². The molecule has 1 fully saturated rings. The van der Waals surface area contributed by atoms with Gasteiger partial charge in [0.15, 0.2) is 0 Å². The van der Waals surface area contributed by atoms with Crippen molar-refractivity contribution in [3.8, 4) is 0 Å². The minimum absolute atomic E-state index is 0.168. The Labute approximate surface area is 191 Å². The van der Waals surface area contributed by atoms with E-state index in [-0.39, 0.29) is 5.83 Å². The van der Waals surface area contributed by atoms with Crippen molar-refractivity contribution in [2.75, 3.05) is 5.73 Å². The molecule has 0 saturated heterocycles. The van der Waals surface area contributed by atoms with Gasteiger partial charge < -0.3 is 5.73 Å². The lowest BCUT2D eigenvalue weighted by atomic mass is 10.0. The first-order valence-electron chi connectivity index (χ1n) is 12.1. The molecule has 0 unspecified atom stereocenters. The van der Waals surface area contributed by atoms with Crippen LogP contribution in [0, 0.1) is 5.92 Å². The predicted octanol–water partition coefficient (Wildman–Crippen LogP) is 6.38. The van der Waals surface area contributed by atoms with E-state index < -0.39 is 0 Å². The molecule has 4 nitrogen and oxygen atoms in total. The van der Waals surface area contributed by atoms with E-state index in [1.165, 1.54) is 60.9 Å². The molecule has 170 valence electrons. The Bertz CT molecular complexity index is 1020. The van der Waals surface area contributed by atoms with Crippen LogP contribution in [0.3, 0.4) is 0 Å². The highest BCUT2D eigenvalue weighted by Gasteiger charge is 2.26. The van der Waals surface area contributed by atoms with Gasteiger partial charge in [-0.05, 0) is 106 Å². The van der Waals surface area contributed by atoms with Crippen molar-refractivity contribution in [3.63, 3.8) is 0 Å². The highest BCUT2D eigenvalue weighted by Crippen LogP contribution is 2.39. The maximum absolute atomic E-state index is 14.4. The fraction of sp³-hybridized carbons (Fsp3) is 0.481. The molecule has 2 aromatic rings. The largest absolute Gasteiger partial charge is 0.383 e. The van der Waals surface area contributed by atoms with Crippen LogP contribution < -0.4 is 5.73 Å². The first-order chi connectivity index (χ1) is 15.6. The maximum atomic E-state index is 14.4. The van der Waals surface area contributed by atoms with Crippen molar-refractivity contribution in [3.05, 3.63) is 70.5 Å². The Morgan fingerprint density at radius 1 is 1.22 bits per heavy atom. The van der Waals surface area contributed by atoms with Gasteiger partial charge in [-0.1, -0.05) is 19.1 Å². The molecule has 32 heavy (non-hydrogen) atoms. The van der Waals surface area contributed by atoms with E-state index in [1.54, 1.807) is 19.2 Å². The smallest absolute Gasteiger partial charge is 0.128 e. The molecule has 0 atom stereocenters. The topological polar surface area (TPSA) is 56.7 Å². The third kappa shape index (κ3) is 5.20. The molecule has 1 aliphatic heterocycles. The van der Waals surface area contributed by atoms with E-state index in [0.29, 0.717) is 11.5 Å². The summed E-state index contributed by atoms with van der Waals surface area (Å²) in [5.74, 6) is 1.19. The summed E-state index contributed by atoms with van der Waals surface area (Å²) >= 11 is 0. The first kappa shape index (κ1) is 22.5. The van der Waals surface area contributed by atoms with Crippen LogP contribution in [0.25, 0.3) is 5.57 Å². The Kier molecular flexibility index (Phi) is 7.23. The zero-order valence-electron chi connectivity index (χ0n) is 19.4. The Morgan fingerprint density at radius 3 is 2.75 bits per heavy atom. The number of aromatic nitrogens is 3. The van der Waals surface area contributed by atoms with Gasteiger partial charge in [-0.15, -0.1) is 0 Å². The summed E-state index contributed by atoms with van der Waals surface area (Å²) in [6, 6.07) is 4.14. The van der Waals surface area contributed by atoms with Crippen LogP contribution in [-0.4, -0.2) is 14.8 Å². The Hall–Kier alpha value is -2.69. The quantitative estimate of drug-likeness (QED) is 0.556. The average Bonchev–Trinajstić information content (AvgIpc) is 3.37. The van der Waals surface area contributed by atoms with E-state index in [0.717, 1.165) is 37.3 Å². The highest BCUT2D eigenvalue weighted by atomic mass is 19.1. The monoisotopic (exact) mass is 434 g/mol. The summed E-state index contributed by atoms with van der Waals surface area (Å²) in [6.45, 7) is 4.84. The van der Waals surface area contributed by atoms with Crippen LogP contribution in [0.15, 0.2) is 48.0 Å². The zero-order chi connectivity index (χ0) is 22.5. The predicted molar refractivity (Wildman–Crippen MR) is 130 cm³/mol. The van der Waals surface area contributed by atoms with Gasteiger partial charge in [0.05, 0.1) is 5.69 Å². The summed E-state index contributed by atoms with van der Waals surface area (Å²) in [6.07, 6.45) is 18.0. The highest BCUT2D eigenvalue weighted by molar-refractivity contribution is 5.77. The van der Waals surface area contributed by atoms with Crippen molar-refractivity contribution in [2.45, 2.75) is 78.2 Å². The van der Waals surface area contributed by atoms with E-state index in [4.69, 9.17) is 5.73 Å². The lowest BCUT2D eigenvalue weighted by Gasteiger charge is -2.11. The number of pyridine rings is 1. The van der Waals surface area contributed by atoms with Crippen LogP contribution in [0.5, 0.6) is 0 Å². The second-order valence-corrected chi connectivity index (χ2v) is 8.97. The van der Waals surface area contributed by atoms with Gasteiger partial charge in [0.1, 0.15) is 11.6 Å². The standard InChI is InChI=1S/C19H25FN2.C8H10N2/c1-3-7-15(14-9-10-14)12-17(18(20)4-2)19-13-16-8-5-6-11-22(16)21-19;9-8-7-3-1-2-6(7)4-5-10-8/h4,7,12-14H,3,5-6,8-11H2,1-2H3;4-5H,1-3H2,(H2,9,10)/b15-7-,17-12+,18-4+;. The SMILES string of the molecule is C\C=C(F)/C(=C\C(=C\CC)C1CC1)c1cc2n(n1)CCCC2.Nc1nccc2c1CCC2. The summed E-state index contributed by atoms with van der Waals surface area (Å²) < 4.78 is 16.5. The lowest BCUT2D eigenvalue weighted by Crippen LogP contribution is -2.10. The van der Waals surface area contributed by atoms with Crippen molar-refractivity contribution in [2.24, 2.45) is 5.92 Å². The number of allylic oxidation sites excluding steroid dienone is 6. The van der Waals surface area contributed by atoms with Crippen molar-refractivity contribution >= 4 is 11.4 Å². The van der Waals surface area contributed by atoms with E-state index >= 15 is 0 Å². The second-order valence-electron chi connectivity index (χ2n) is 8.97. The maximum Gasteiger partial charge on any atom is 0.128 e. The van der Waals surface area contributed by atoms with Crippen molar-refractivity contribution in [1.29, 1.82) is 0 Å². The molecular weight excluding hydrogens is 399 g/mol. The number of nitrogen functional groups attached to an aromatic ring is 1. The molecule has 3 heterocycles. The van der Waals surface area contributed by atoms with Gasteiger partial charge in [0.2, 0.25) is 0 Å². The summed E-state index contributed by atoms with van der Waals surface area (Å²) in [5.41, 5.74) is 12.3. The minimum atomic E-state index is -0.168. The number of nitrogens with zero attached hydrogens (tertiary/aromatic N) is 3. The molecule has 5 heteroatoms. The third-order valence-corrected chi connectivity index (χ3v) is 6.56. The van der Waals surface area contributed by atoms with Gasteiger partial charge in [-0.2, -0.15) is 5.10 Å². The molecule has 0 bridgehead atoms. The van der Waals surface area contributed by atoms with Crippen LogP contribution in [0.4, 0.5) is 10.2 Å². The Balaban J connectivity index is 0.000000203. The number of rotatable bonds is 5. The normalized spacial score (nSPS) is 18.7. The van der Waals surface area contributed by atoms with Gasteiger partial charge in [-0.25, -0.2) is 9.37 Å². The van der Waals surface area contributed by atoms with Gasteiger partial charge in [0, 0.05) is 24.0 Å². The number of anilines is 1. The second kappa shape index (κ2) is 10.3. The molecule has 2 aromatic heterocycles. The van der Waals surface area contributed by atoms with Crippen LogP contribution in [0.1, 0.15) is 74.9 Å². The number of halogens is 1. The van der Waals surface area contributed by atoms with Crippen molar-refractivity contribution in [1.82, 2.24) is 14.8 Å². The molecule has 2 aliphatic carbocycles. The van der Waals surface area contributed by atoms with E-state index in [2.05, 4.69) is 39.9 Å². The van der Waals surface area contributed by atoms with E-state index in [1.807, 2.05) is 6.08 Å². The zero-order valence-corrected chi connectivity index (χ0v) is 19.4. The number of aryl methyl sites for hydroxylation is 3. The van der Waals surface area contributed by atoms with Crippen molar-refractivity contribution < 1.29 is 4.39 Å². The molecule has 0 aromatic carbocycles. The molecule has 0 spiro atoms. The number of nitrogens with two attached hydrogens (primary N) is 1. The fourth-order valence-corrected chi connectivity index (χ4v) is 4.66. The molecule has 5 rings (SSSR count). The fourth-order valence-electron chi connectivity index (χ4n) is 4.66. The number of hydrogen-bond acceptors (Lipinski definition) is 3. The number of fused-ring (bicyclic) bond motifs is 2. The third-order valence-electron chi connectivity index (χ3n) is 6.56. The van der Waals surface area contributed by atoms with Crippen LogP contribution >= 0.6 is 0 Å². The minimum Gasteiger partial charge on any atom is -0.383 e. The number of hydrogen-bond donors (Lipinski definition) is 1. The summed E-state index contributed by atoms with van der Waals surface area (Å²) in [7, 11) is 0. The molecule has 0 amide bonds. The molecular formula is C27H35FN4. The summed E-state index contributed by atoms with van der Waals surface area (Å²) in [4.78, 5) is 4.03. The lowest BCUT2D eigenvalue weighted by molar-refractivity contribution is 0.485. The molecule has 0 radical (unpaired) electrons. The Morgan fingerprint density at radius 2 is 2.06 bits per heavy atom. The van der Waals surface area contributed by atoms with Crippen LogP contribution in [-0.2, 0) is 25.8 Å². The first-order valence-corrected chi connectivity index (χ1v) is 12.1. The molecule has 2 N–H and O–H groups in total. The van der Waals surface area contributed by atoms with Gasteiger partial charge in [0.25, 0.3) is 0 Å². The van der Waals surface area contributed by atoms with Gasteiger partial charge >= 0.3 is 0 Å². The molecule has 1 saturated carbocycles. The van der Waals surface area contributed by atoms with Gasteiger partial charge in [-0.3, -0.25) is 4.68 Å². The van der Waals surface area contributed by atoms with E-state index in [9.17, 15) is 4.39 Å². The average molecular weight is 435 g/mol. The summed E-state index contributed by atoms with van der Waals surface area (Å²) in [5, 5.41) is 4.65.